The lowest BCUT2D eigenvalue weighted by Crippen LogP contribution is -2.31. The molecule has 0 bridgehead atoms. The molecule has 7 heteroatoms. The van der Waals surface area contributed by atoms with Crippen LogP contribution in [-0.4, -0.2) is 39.6 Å². The second kappa shape index (κ2) is 10.2. The fraction of sp³-hybridized carbons (Fsp3) is 0.500. The molecule has 176 valence electrons. The highest BCUT2D eigenvalue weighted by molar-refractivity contribution is 7.18. The van der Waals surface area contributed by atoms with E-state index in [4.69, 9.17) is 9.72 Å². The van der Waals surface area contributed by atoms with Crippen molar-refractivity contribution in [2.75, 3.05) is 13.1 Å². The Bertz CT molecular complexity index is 1210. The third kappa shape index (κ3) is 5.04. The van der Waals surface area contributed by atoms with Crippen molar-refractivity contribution in [2.24, 2.45) is 0 Å². The number of esters is 1. The lowest BCUT2D eigenvalue weighted by molar-refractivity contribution is 0.0377. The number of aryl methyl sites for hydroxylation is 2. The first-order valence-corrected chi connectivity index (χ1v) is 12.8. The molecule has 0 fully saturated rings. The average molecular weight is 468 g/mol. The molecule has 1 aromatic carbocycles. The topological polar surface area (TPSA) is 64.4 Å². The van der Waals surface area contributed by atoms with Crippen molar-refractivity contribution in [3.63, 3.8) is 0 Å². The smallest absolute Gasteiger partial charge is 0.338 e. The van der Waals surface area contributed by atoms with Crippen molar-refractivity contribution in [1.82, 2.24) is 14.5 Å². The molecule has 4 rings (SSSR count). The van der Waals surface area contributed by atoms with Gasteiger partial charge in [-0.1, -0.05) is 26.0 Å². The van der Waals surface area contributed by atoms with Crippen molar-refractivity contribution in [3.8, 4) is 0 Å². The number of fused-ring (bicyclic) bond motifs is 3. The summed E-state index contributed by atoms with van der Waals surface area (Å²) in [5, 5.41) is 0.799. The largest absolute Gasteiger partial charge is 0.459 e. The van der Waals surface area contributed by atoms with Crippen LogP contribution in [0.3, 0.4) is 0 Å². The maximum absolute atomic E-state index is 13.8. The highest BCUT2D eigenvalue weighted by Gasteiger charge is 2.23. The van der Waals surface area contributed by atoms with Crippen LogP contribution in [0, 0.1) is 0 Å². The van der Waals surface area contributed by atoms with Crippen molar-refractivity contribution >= 4 is 27.5 Å². The molecule has 33 heavy (non-hydrogen) atoms. The fourth-order valence-electron chi connectivity index (χ4n) is 4.47. The van der Waals surface area contributed by atoms with Crippen LogP contribution in [0.2, 0.25) is 0 Å². The Kier molecular flexibility index (Phi) is 7.29. The van der Waals surface area contributed by atoms with E-state index in [0.29, 0.717) is 18.7 Å². The van der Waals surface area contributed by atoms with E-state index < -0.39 is 0 Å². The molecule has 1 aliphatic carbocycles. The van der Waals surface area contributed by atoms with Crippen molar-refractivity contribution in [2.45, 2.75) is 72.6 Å². The molecule has 0 radical (unpaired) electrons. The van der Waals surface area contributed by atoms with Gasteiger partial charge < -0.3 is 4.74 Å². The number of benzene rings is 1. The molecule has 3 aromatic rings. The standard InChI is InChI=1S/C26H33N3O3S/c1-5-28(6-2)16-22-27-24-23(20-12-7-8-13-21(20)33-24)25(30)29(22)15-18-10-9-11-19(14-18)26(31)32-17(3)4/h9-11,14,17H,5-8,12-13,15-16H2,1-4H3. The second-order valence-corrected chi connectivity index (χ2v) is 10.0. The number of rotatable bonds is 8. The van der Waals surface area contributed by atoms with E-state index in [2.05, 4.69) is 18.7 Å². The maximum Gasteiger partial charge on any atom is 0.338 e. The number of hydrogen-bond acceptors (Lipinski definition) is 6. The number of carbonyl (C=O) groups is 1. The van der Waals surface area contributed by atoms with Gasteiger partial charge in [0.05, 0.1) is 30.1 Å². The van der Waals surface area contributed by atoms with Crippen LogP contribution in [0.5, 0.6) is 0 Å². The zero-order valence-electron chi connectivity index (χ0n) is 20.0. The van der Waals surface area contributed by atoms with Gasteiger partial charge in [0.2, 0.25) is 0 Å². The first-order chi connectivity index (χ1) is 15.9. The van der Waals surface area contributed by atoms with Crippen molar-refractivity contribution in [3.05, 3.63) is 62.0 Å². The summed E-state index contributed by atoms with van der Waals surface area (Å²) in [4.78, 5) is 35.7. The van der Waals surface area contributed by atoms with Gasteiger partial charge in [-0.15, -0.1) is 11.3 Å². The van der Waals surface area contributed by atoms with Crippen LogP contribution in [0.1, 0.15) is 72.7 Å². The van der Waals surface area contributed by atoms with E-state index in [1.54, 1.807) is 17.4 Å². The summed E-state index contributed by atoms with van der Waals surface area (Å²) >= 11 is 1.69. The van der Waals surface area contributed by atoms with Crippen LogP contribution >= 0.6 is 11.3 Å². The molecule has 0 saturated carbocycles. The normalized spacial score (nSPS) is 13.6. The zero-order valence-corrected chi connectivity index (χ0v) is 20.8. The molecule has 0 amide bonds. The van der Waals surface area contributed by atoms with Gasteiger partial charge in [0, 0.05) is 4.88 Å². The van der Waals surface area contributed by atoms with E-state index in [9.17, 15) is 9.59 Å². The van der Waals surface area contributed by atoms with Crippen LogP contribution < -0.4 is 5.56 Å². The molecular formula is C26H33N3O3S. The summed E-state index contributed by atoms with van der Waals surface area (Å²) in [5.74, 6) is 0.438. The second-order valence-electron chi connectivity index (χ2n) is 8.93. The summed E-state index contributed by atoms with van der Waals surface area (Å²) < 4.78 is 7.17. The molecule has 0 saturated heterocycles. The maximum atomic E-state index is 13.8. The number of carbonyl (C=O) groups excluding carboxylic acids is 1. The molecule has 2 aromatic heterocycles. The molecule has 0 spiro atoms. The Hall–Kier alpha value is -2.51. The lowest BCUT2D eigenvalue weighted by Gasteiger charge is -2.21. The monoisotopic (exact) mass is 467 g/mol. The quantitative estimate of drug-likeness (QED) is 0.446. The van der Waals surface area contributed by atoms with Gasteiger partial charge in [-0.3, -0.25) is 14.3 Å². The van der Waals surface area contributed by atoms with Gasteiger partial charge in [-0.2, -0.15) is 0 Å². The molecule has 0 atom stereocenters. The minimum absolute atomic E-state index is 0.0386. The highest BCUT2D eigenvalue weighted by atomic mass is 32.1. The van der Waals surface area contributed by atoms with E-state index in [-0.39, 0.29) is 17.6 Å². The number of thiophene rings is 1. The number of hydrogen-bond donors (Lipinski definition) is 0. The van der Waals surface area contributed by atoms with Gasteiger partial charge in [0.1, 0.15) is 10.7 Å². The Morgan fingerprint density at radius 3 is 2.70 bits per heavy atom. The van der Waals surface area contributed by atoms with Gasteiger partial charge in [0.25, 0.3) is 5.56 Å². The van der Waals surface area contributed by atoms with E-state index >= 15 is 0 Å². The predicted molar refractivity (Wildman–Crippen MR) is 133 cm³/mol. The Morgan fingerprint density at radius 1 is 1.21 bits per heavy atom. The van der Waals surface area contributed by atoms with Gasteiger partial charge in [-0.25, -0.2) is 9.78 Å². The predicted octanol–water partition coefficient (Wildman–Crippen LogP) is 4.79. The van der Waals surface area contributed by atoms with Gasteiger partial charge >= 0.3 is 5.97 Å². The van der Waals surface area contributed by atoms with Crippen molar-refractivity contribution < 1.29 is 9.53 Å². The Labute approximate surface area is 199 Å². The molecule has 0 N–H and O–H groups in total. The number of nitrogens with zero attached hydrogens (tertiary/aromatic N) is 3. The summed E-state index contributed by atoms with van der Waals surface area (Å²) in [5.41, 5.74) is 2.63. The highest BCUT2D eigenvalue weighted by Crippen LogP contribution is 2.34. The Morgan fingerprint density at radius 2 is 1.97 bits per heavy atom. The third-order valence-corrected chi connectivity index (χ3v) is 7.45. The summed E-state index contributed by atoms with van der Waals surface area (Å²) in [7, 11) is 0. The van der Waals surface area contributed by atoms with E-state index in [0.717, 1.165) is 54.0 Å². The van der Waals surface area contributed by atoms with Crippen molar-refractivity contribution in [1.29, 1.82) is 0 Å². The Balaban J connectivity index is 1.79. The first kappa shape index (κ1) is 23.6. The van der Waals surface area contributed by atoms with Gasteiger partial charge in [0.15, 0.2) is 0 Å². The zero-order chi connectivity index (χ0) is 23.5. The number of ether oxygens (including phenoxy) is 1. The molecule has 6 nitrogen and oxygen atoms in total. The minimum Gasteiger partial charge on any atom is -0.459 e. The molecule has 0 unspecified atom stereocenters. The molecular weight excluding hydrogens is 434 g/mol. The molecule has 0 aliphatic heterocycles. The van der Waals surface area contributed by atoms with Crippen LogP contribution in [0.15, 0.2) is 29.1 Å². The minimum atomic E-state index is -0.344. The van der Waals surface area contributed by atoms with E-state index in [1.165, 1.54) is 16.9 Å². The number of aromatic nitrogens is 2. The molecule has 1 aliphatic rings. The van der Waals surface area contributed by atoms with Crippen LogP contribution in [0.25, 0.3) is 10.2 Å². The first-order valence-electron chi connectivity index (χ1n) is 12.0. The lowest BCUT2D eigenvalue weighted by atomic mass is 9.97. The van der Waals surface area contributed by atoms with Crippen LogP contribution in [0.4, 0.5) is 0 Å². The van der Waals surface area contributed by atoms with Gasteiger partial charge in [-0.05, 0) is 75.9 Å². The summed E-state index contributed by atoms with van der Waals surface area (Å²) in [6.07, 6.45) is 4.12. The third-order valence-electron chi connectivity index (χ3n) is 6.26. The van der Waals surface area contributed by atoms with E-state index in [1.807, 2.05) is 36.6 Å². The average Bonchev–Trinajstić information content (AvgIpc) is 3.18. The molecule has 2 heterocycles. The summed E-state index contributed by atoms with van der Waals surface area (Å²) in [6, 6.07) is 7.38. The SMILES string of the molecule is CCN(CC)Cc1nc2sc3c(c2c(=O)n1Cc1cccc(C(=O)OC(C)C)c1)CCCC3. The fourth-order valence-corrected chi connectivity index (χ4v) is 5.74. The summed E-state index contributed by atoms with van der Waals surface area (Å²) in [6.45, 7) is 10.7. The van der Waals surface area contributed by atoms with Crippen LogP contribution in [-0.2, 0) is 30.7 Å².